The fourth-order valence-electron chi connectivity index (χ4n) is 0.0338. The lowest BCUT2D eigenvalue weighted by molar-refractivity contribution is 0.256. The monoisotopic (exact) mass is 105 g/mol. The van der Waals surface area contributed by atoms with Crippen LogP contribution in [-0.2, 0) is 11.5 Å². The highest BCUT2D eigenvalue weighted by Crippen LogP contribution is 1.60. The molecular formula is CHN2O2S. The summed E-state index contributed by atoms with van der Waals surface area (Å²) in [6.45, 7) is 0. The number of carbonyl (C=O) groups is 1. The van der Waals surface area contributed by atoms with E-state index in [4.69, 9.17) is 9.94 Å². The van der Waals surface area contributed by atoms with Crippen LogP contribution in [0.2, 0.25) is 0 Å². The number of hydrogen-bond donors (Lipinski definition) is 0. The van der Waals surface area contributed by atoms with Crippen LogP contribution in [0.25, 0.3) is 0 Å². The summed E-state index contributed by atoms with van der Waals surface area (Å²) in [4.78, 5) is 9.32. The molecule has 0 aromatic heterocycles. The second-order valence-corrected chi connectivity index (χ2v) is 0.803. The molecule has 0 bridgehead atoms. The van der Waals surface area contributed by atoms with Crippen molar-refractivity contribution in [3.05, 3.63) is 0 Å². The molecule has 0 fully saturated rings. The fraction of sp³-hybridized carbons (Fsp3) is 0. The second kappa shape index (κ2) is 2.52. The average Bonchev–Trinajstić information content (AvgIpc) is 1.35. The first-order valence-electron chi connectivity index (χ1n) is 1.03. The Hall–Kier alpha value is -0.710. The number of hydrogen-bond acceptors (Lipinski definition) is 2. The Morgan fingerprint density at radius 1 is 1.83 bits per heavy atom. The number of amides is 2. The molecule has 4 nitrogen and oxygen atoms in total. The van der Waals surface area contributed by atoms with Gasteiger partial charge in [0.2, 0.25) is 11.5 Å². The third-order valence-corrected chi connectivity index (χ3v) is 0.361. The van der Waals surface area contributed by atoms with Crippen molar-refractivity contribution in [3.63, 3.8) is 0 Å². The van der Waals surface area contributed by atoms with E-state index in [0.29, 0.717) is 0 Å². The Morgan fingerprint density at radius 3 is 2.33 bits per heavy atom. The SMILES string of the molecule is [NH]C(=O)N=S=O. The minimum atomic E-state index is -1.19. The van der Waals surface area contributed by atoms with Crippen LogP contribution in [-0.4, -0.2) is 10.2 Å². The Bertz CT molecular complexity index is 104. The first-order chi connectivity index (χ1) is 2.77. The molecule has 0 rings (SSSR count). The summed E-state index contributed by atoms with van der Waals surface area (Å²) >= 11 is -0.252. The van der Waals surface area contributed by atoms with Gasteiger partial charge in [-0.05, 0) is 0 Å². The zero-order valence-electron chi connectivity index (χ0n) is 2.67. The normalized spacial score (nSPS) is 6.67. The molecule has 0 aromatic carbocycles. The zero-order chi connectivity index (χ0) is 4.99. The zero-order valence-corrected chi connectivity index (χ0v) is 3.49. The largest absolute Gasteiger partial charge is 0.372 e. The van der Waals surface area contributed by atoms with Gasteiger partial charge in [0.15, 0.2) is 0 Å². The van der Waals surface area contributed by atoms with Gasteiger partial charge >= 0.3 is 6.03 Å². The molecule has 0 aliphatic heterocycles. The maximum absolute atomic E-state index is 9.32. The summed E-state index contributed by atoms with van der Waals surface area (Å²) in [5, 5.41) is 0. The van der Waals surface area contributed by atoms with Crippen LogP contribution in [0, 0.1) is 0 Å². The predicted octanol–water partition coefficient (Wildman–Crippen LogP) is -0.214. The van der Waals surface area contributed by atoms with E-state index in [-0.39, 0.29) is 11.5 Å². The molecule has 1 N–H and O–H groups in total. The van der Waals surface area contributed by atoms with Gasteiger partial charge in [-0.15, -0.1) is 0 Å². The van der Waals surface area contributed by atoms with Crippen molar-refractivity contribution in [2.75, 3.05) is 0 Å². The van der Waals surface area contributed by atoms with Crippen LogP contribution in [0.3, 0.4) is 0 Å². The van der Waals surface area contributed by atoms with Crippen molar-refractivity contribution in [1.29, 1.82) is 0 Å². The van der Waals surface area contributed by atoms with Crippen LogP contribution in [0.15, 0.2) is 4.36 Å². The highest BCUT2D eigenvalue weighted by Gasteiger charge is 1.78. The van der Waals surface area contributed by atoms with Crippen molar-refractivity contribution in [2.24, 2.45) is 4.36 Å². The molecule has 0 spiro atoms. The van der Waals surface area contributed by atoms with Crippen LogP contribution >= 0.6 is 0 Å². The summed E-state index contributed by atoms with van der Waals surface area (Å²) in [6, 6.07) is -1.19. The Morgan fingerprint density at radius 2 is 2.33 bits per heavy atom. The van der Waals surface area contributed by atoms with Gasteiger partial charge in [-0.3, -0.25) is 0 Å². The van der Waals surface area contributed by atoms with Gasteiger partial charge in [0, 0.05) is 0 Å². The molecule has 0 aliphatic rings. The summed E-state index contributed by atoms with van der Waals surface area (Å²) in [6.07, 6.45) is 0. The highest BCUT2D eigenvalue weighted by atomic mass is 32.1. The summed E-state index contributed by atoms with van der Waals surface area (Å²) < 4.78 is 11.7. The van der Waals surface area contributed by atoms with E-state index >= 15 is 0 Å². The Balaban J connectivity index is 3.60. The third kappa shape index (κ3) is 3.29. The second-order valence-electron chi connectivity index (χ2n) is 0.471. The summed E-state index contributed by atoms with van der Waals surface area (Å²) in [7, 11) is 0. The quantitative estimate of drug-likeness (QED) is 0.427. The number of nitrogens with one attached hydrogen (secondary N) is 1. The molecule has 0 aromatic rings. The average molecular weight is 105 g/mol. The van der Waals surface area contributed by atoms with Gasteiger partial charge < -0.3 is 0 Å². The maximum atomic E-state index is 9.32. The van der Waals surface area contributed by atoms with E-state index in [1.54, 1.807) is 0 Å². The van der Waals surface area contributed by atoms with Crippen LogP contribution in [0.5, 0.6) is 0 Å². The van der Waals surface area contributed by atoms with E-state index in [1.165, 1.54) is 0 Å². The van der Waals surface area contributed by atoms with Crippen molar-refractivity contribution in [3.8, 4) is 0 Å². The van der Waals surface area contributed by atoms with E-state index in [9.17, 15) is 4.79 Å². The molecule has 0 atom stereocenters. The lowest BCUT2D eigenvalue weighted by atomic mass is 11.2. The van der Waals surface area contributed by atoms with Gasteiger partial charge in [0.25, 0.3) is 0 Å². The van der Waals surface area contributed by atoms with Gasteiger partial charge in [-0.1, -0.05) is 4.36 Å². The molecule has 0 unspecified atom stereocenters. The highest BCUT2D eigenvalue weighted by molar-refractivity contribution is 7.55. The maximum Gasteiger partial charge on any atom is 0.372 e. The van der Waals surface area contributed by atoms with Crippen LogP contribution in [0.4, 0.5) is 4.79 Å². The molecule has 0 heterocycles. The standard InChI is InChI=1S/CHN2O2S/c2-1(4)3-6-5/h2H. The smallest absolute Gasteiger partial charge is 0.245 e. The third-order valence-electron chi connectivity index (χ3n) is 0.120. The number of rotatable bonds is 0. The number of urea groups is 1. The Kier molecular flexibility index (Phi) is 2.22. The molecule has 33 valence electrons. The van der Waals surface area contributed by atoms with E-state index in [1.807, 2.05) is 0 Å². The van der Waals surface area contributed by atoms with E-state index < -0.39 is 6.03 Å². The Labute approximate surface area is 37.6 Å². The van der Waals surface area contributed by atoms with Crippen molar-refractivity contribution in [1.82, 2.24) is 5.73 Å². The molecule has 6 heavy (non-hydrogen) atoms. The molecule has 0 saturated carbocycles. The van der Waals surface area contributed by atoms with E-state index in [2.05, 4.69) is 4.36 Å². The first-order valence-corrected chi connectivity index (χ1v) is 1.73. The van der Waals surface area contributed by atoms with E-state index in [0.717, 1.165) is 0 Å². The van der Waals surface area contributed by atoms with Crippen LogP contribution < -0.4 is 5.73 Å². The van der Waals surface area contributed by atoms with Gasteiger partial charge in [0.1, 0.15) is 0 Å². The molecular weight excluding hydrogens is 104 g/mol. The predicted molar refractivity (Wildman–Crippen MR) is 19.1 cm³/mol. The minimum absolute atomic E-state index is 0.252. The minimum Gasteiger partial charge on any atom is -0.245 e. The lowest BCUT2D eigenvalue weighted by Crippen LogP contribution is -1.83. The molecule has 0 aliphatic carbocycles. The summed E-state index contributed by atoms with van der Waals surface area (Å²) in [5.74, 6) is 0. The molecule has 0 saturated heterocycles. The van der Waals surface area contributed by atoms with Gasteiger partial charge in [0.05, 0.1) is 0 Å². The number of carbonyl (C=O) groups excluding carboxylic acids is 1. The lowest BCUT2D eigenvalue weighted by Gasteiger charge is -1.60. The van der Waals surface area contributed by atoms with Gasteiger partial charge in [-0.2, -0.15) is 4.21 Å². The molecule has 2 amide bonds. The molecule has 1 radical (unpaired) electrons. The topological polar surface area (TPSA) is 70.3 Å². The first kappa shape index (κ1) is 5.29. The molecule has 5 heteroatoms. The fourth-order valence-corrected chi connectivity index (χ4v) is 0.102. The van der Waals surface area contributed by atoms with Crippen LogP contribution in [0.1, 0.15) is 0 Å². The van der Waals surface area contributed by atoms with Crippen molar-refractivity contribution >= 4 is 17.5 Å². The van der Waals surface area contributed by atoms with Gasteiger partial charge in [-0.25, -0.2) is 10.5 Å². The number of nitrogens with zero attached hydrogens (tertiary/aromatic N) is 1. The van der Waals surface area contributed by atoms with Crippen molar-refractivity contribution in [2.45, 2.75) is 0 Å². The van der Waals surface area contributed by atoms with Crippen molar-refractivity contribution < 1.29 is 9.00 Å². The summed E-state index contributed by atoms with van der Waals surface area (Å²) in [5.41, 5.74) is 5.95.